The van der Waals surface area contributed by atoms with Crippen LogP contribution in [0.15, 0.2) is 28.2 Å². The summed E-state index contributed by atoms with van der Waals surface area (Å²) in [5.41, 5.74) is -0.466. The third-order valence-corrected chi connectivity index (χ3v) is 4.62. The zero-order valence-corrected chi connectivity index (χ0v) is 12.1. The van der Waals surface area contributed by atoms with Crippen molar-refractivity contribution in [2.45, 2.75) is 4.90 Å². The molecule has 2 aromatic rings. The molecule has 0 unspecified atom stereocenters. The van der Waals surface area contributed by atoms with Crippen molar-refractivity contribution < 1.29 is 13.3 Å². The molecule has 0 spiro atoms. The Hall–Kier alpha value is -1.98. The van der Waals surface area contributed by atoms with Gasteiger partial charge in [0.25, 0.3) is 11.2 Å². The molecule has 0 atom stereocenters. The van der Waals surface area contributed by atoms with Crippen molar-refractivity contribution in [3.05, 3.63) is 38.9 Å². The van der Waals surface area contributed by atoms with Gasteiger partial charge >= 0.3 is 0 Å². The highest BCUT2D eigenvalue weighted by Gasteiger charge is 2.18. The third-order valence-electron chi connectivity index (χ3n) is 2.54. The first-order valence-electron chi connectivity index (χ1n) is 5.57. The number of fused-ring (bicyclic) bond motifs is 1. The minimum atomic E-state index is -3.64. The van der Waals surface area contributed by atoms with Crippen molar-refractivity contribution in [1.29, 1.82) is 0 Å². The maximum absolute atomic E-state index is 11.6. The van der Waals surface area contributed by atoms with Crippen molar-refractivity contribution in [3.8, 4) is 0 Å². The molecule has 0 fully saturated rings. The van der Waals surface area contributed by atoms with Gasteiger partial charge in [-0.25, -0.2) is 18.5 Å². The summed E-state index contributed by atoms with van der Waals surface area (Å²) in [6.45, 7) is 0. The van der Waals surface area contributed by atoms with Crippen LogP contribution >= 0.6 is 11.8 Å². The summed E-state index contributed by atoms with van der Waals surface area (Å²) in [4.78, 5) is 28.5. The van der Waals surface area contributed by atoms with Crippen LogP contribution in [0.3, 0.4) is 0 Å². The number of hydrogen-bond donors (Lipinski definition) is 2. The number of hydrogen-bond acceptors (Lipinski definition) is 7. The number of H-pyrrole nitrogens is 1. The molecule has 112 valence electrons. The second-order valence-corrected chi connectivity index (χ2v) is 6.91. The van der Waals surface area contributed by atoms with E-state index in [0.29, 0.717) is 5.52 Å². The average molecular weight is 330 g/mol. The topological polar surface area (TPSA) is 149 Å². The first-order valence-corrected chi connectivity index (χ1v) is 8.27. The maximum atomic E-state index is 11.6. The monoisotopic (exact) mass is 330 g/mol. The fourth-order valence-corrected chi connectivity index (χ4v) is 3.57. The Balaban J connectivity index is 2.44. The molecule has 0 aliphatic heterocycles. The highest BCUT2D eigenvalue weighted by Crippen LogP contribution is 2.31. The lowest BCUT2D eigenvalue weighted by atomic mass is 10.2. The summed E-state index contributed by atoms with van der Waals surface area (Å²) >= 11 is 0.970. The molecule has 2 rings (SSSR count). The number of primary sulfonamides is 1. The molecule has 0 aliphatic rings. The summed E-state index contributed by atoms with van der Waals surface area (Å²) in [5.74, 6) is -0.246. The molecular weight excluding hydrogens is 320 g/mol. The molecule has 0 bridgehead atoms. The molecule has 1 aromatic carbocycles. The van der Waals surface area contributed by atoms with Gasteiger partial charge < -0.3 is 4.98 Å². The largest absolute Gasteiger partial charge is 0.313 e. The average Bonchev–Trinajstić information content (AvgIpc) is 2.36. The van der Waals surface area contributed by atoms with Gasteiger partial charge in [-0.3, -0.25) is 14.9 Å². The van der Waals surface area contributed by atoms with Gasteiger partial charge in [-0.1, -0.05) is 0 Å². The number of nitro benzene ring substituents is 1. The van der Waals surface area contributed by atoms with Crippen molar-refractivity contribution in [2.24, 2.45) is 5.14 Å². The summed E-state index contributed by atoms with van der Waals surface area (Å²) in [6, 6.07) is 2.51. The Morgan fingerprint density at radius 1 is 1.43 bits per heavy atom. The number of sulfonamides is 1. The molecule has 0 aliphatic carbocycles. The first-order chi connectivity index (χ1) is 9.78. The number of benzene rings is 1. The van der Waals surface area contributed by atoms with Crippen LogP contribution in [0.25, 0.3) is 10.9 Å². The summed E-state index contributed by atoms with van der Waals surface area (Å²) in [5, 5.41) is 16.0. The van der Waals surface area contributed by atoms with Crippen molar-refractivity contribution in [1.82, 2.24) is 9.97 Å². The fourth-order valence-electron chi connectivity index (χ4n) is 1.61. The van der Waals surface area contributed by atoms with Gasteiger partial charge in [-0.05, 0) is 6.07 Å². The Morgan fingerprint density at radius 2 is 2.14 bits per heavy atom. The van der Waals surface area contributed by atoms with Gasteiger partial charge in [-0.15, -0.1) is 11.8 Å². The van der Waals surface area contributed by atoms with E-state index in [1.165, 1.54) is 12.4 Å². The Kier molecular flexibility index (Phi) is 4.25. The summed E-state index contributed by atoms with van der Waals surface area (Å²) in [7, 11) is -3.64. The molecular formula is C10H10N4O5S2. The van der Waals surface area contributed by atoms with E-state index in [-0.39, 0.29) is 27.5 Å². The van der Waals surface area contributed by atoms with Gasteiger partial charge in [0.05, 0.1) is 32.8 Å². The molecule has 0 saturated heterocycles. The van der Waals surface area contributed by atoms with E-state index in [1.807, 2.05) is 0 Å². The number of rotatable bonds is 5. The molecule has 21 heavy (non-hydrogen) atoms. The first kappa shape index (κ1) is 15.4. The van der Waals surface area contributed by atoms with Crippen molar-refractivity contribution in [3.63, 3.8) is 0 Å². The number of nitrogens with one attached hydrogen (secondary N) is 1. The van der Waals surface area contributed by atoms with Crippen LogP contribution in [0.2, 0.25) is 0 Å². The van der Waals surface area contributed by atoms with E-state index in [9.17, 15) is 23.3 Å². The van der Waals surface area contributed by atoms with E-state index in [0.717, 1.165) is 17.8 Å². The van der Waals surface area contributed by atoms with Crippen molar-refractivity contribution in [2.75, 3.05) is 11.5 Å². The highest BCUT2D eigenvalue weighted by atomic mass is 32.2. The van der Waals surface area contributed by atoms with Crippen molar-refractivity contribution >= 4 is 38.4 Å². The van der Waals surface area contributed by atoms with Gasteiger partial charge in [0.1, 0.15) is 0 Å². The minimum Gasteiger partial charge on any atom is -0.313 e. The Morgan fingerprint density at radius 3 is 2.76 bits per heavy atom. The highest BCUT2D eigenvalue weighted by molar-refractivity contribution is 8.00. The lowest BCUT2D eigenvalue weighted by Gasteiger charge is -2.04. The van der Waals surface area contributed by atoms with E-state index in [1.54, 1.807) is 0 Å². The smallest absolute Gasteiger partial charge is 0.283 e. The predicted molar refractivity (Wildman–Crippen MR) is 77.7 cm³/mol. The molecule has 3 N–H and O–H groups in total. The van der Waals surface area contributed by atoms with E-state index in [2.05, 4.69) is 9.97 Å². The van der Waals surface area contributed by atoms with Crippen LogP contribution < -0.4 is 10.7 Å². The van der Waals surface area contributed by atoms with Crippen LogP contribution in [-0.2, 0) is 10.0 Å². The van der Waals surface area contributed by atoms with E-state index >= 15 is 0 Å². The predicted octanol–water partition coefficient (Wildman–Crippen LogP) is 0.212. The lowest BCUT2D eigenvalue weighted by Crippen LogP contribution is -2.17. The van der Waals surface area contributed by atoms with E-state index in [4.69, 9.17) is 5.14 Å². The minimum absolute atomic E-state index is 0.0639. The normalized spacial score (nSPS) is 11.7. The van der Waals surface area contributed by atoms with Crippen LogP contribution in [0.1, 0.15) is 0 Å². The maximum Gasteiger partial charge on any atom is 0.283 e. The second kappa shape index (κ2) is 5.79. The standard InChI is InChI=1S/C10H10N4O5S2/c11-21(18,19)2-1-20-9-4-7-6(3-8(9)14(16)17)10(15)13-5-12-7/h3-5H,1-2H2,(H2,11,18,19)(H,12,13,15). The summed E-state index contributed by atoms with van der Waals surface area (Å²) < 4.78 is 21.7. The number of nitro groups is 1. The zero-order chi connectivity index (χ0) is 15.6. The number of thioether (sulfide) groups is 1. The molecule has 0 amide bonds. The van der Waals surface area contributed by atoms with Crippen LogP contribution in [0.4, 0.5) is 5.69 Å². The number of aromatic amines is 1. The SMILES string of the molecule is NS(=O)(=O)CCSc1cc2nc[nH]c(=O)c2cc1[N+](=O)[O-]. The lowest BCUT2D eigenvalue weighted by molar-refractivity contribution is -0.387. The van der Waals surface area contributed by atoms with E-state index < -0.39 is 20.5 Å². The Bertz CT molecular complexity index is 861. The van der Waals surface area contributed by atoms with Gasteiger partial charge in [0.2, 0.25) is 10.0 Å². The Labute approximate surface area is 122 Å². The molecule has 9 nitrogen and oxygen atoms in total. The van der Waals surface area contributed by atoms with Crippen LogP contribution in [0, 0.1) is 10.1 Å². The molecule has 1 aromatic heterocycles. The number of nitrogens with two attached hydrogens (primary N) is 1. The fraction of sp³-hybridized carbons (Fsp3) is 0.200. The molecule has 0 radical (unpaired) electrons. The molecule has 1 heterocycles. The second-order valence-electron chi connectivity index (χ2n) is 4.04. The van der Waals surface area contributed by atoms with Gasteiger partial charge in [0, 0.05) is 11.8 Å². The number of nitrogens with zero attached hydrogens (tertiary/aromatic N) is 2. The van der Waals surface area contributed by atoms with Crippen LogP contribution in [-0.4, -0.2) is 34.8 Å². The molecule has 0 saturated carbocycles. The van der Waals surface area contributed by atoms with Crippen LogP contribution in [0.5, 0.6) is 0 Å². The summed E-state index contributed by atoms with van der Waals surface area (Å²) in [6.07, 6.45) is 1.19. The molecule has 11 heteroatoms. The third kappa shape index (κ3) is 3.77. The number of aromatic nitrogens is 2. The van der Waals surface area contributed by atoms with Gasteiger partial charge in [-0.2, -0.15) is 0 Å². The zero-order valence-electron chi connectivity index (χ0n) is 10.5. The quantitative estimate of drug-likeness (QED) is 0.452. The van der Waals surface area contributed by atoms with Gasteiger partial charge in [0.15, 0.2) is 0 Å².